The Morgan fingerprint density at radius 1 is 0.477 bits per heavy atom. The van der Waals surface area contributed by atoms with Gasteiger partial charge in [0.1, 0.15) is 0 Å². The molecule has 8 rings (SSSR count). The monoisotopic (exact) mass is 674 g/mol. The van der Waals surface area contributed by atoms with Crippen LogP contribution >= 0.6 is 43.2 Å². The zero-order valence-corrected chi connectivity index (χ0v) is 28.1. The molecule has 0 aliphatic carbocycles. The summed E-state index contributed by atoms with van der Waals surface area (Å²) in [7, 11) is 11.7. The van der Waals surface area contributed by atoms with Crippen LogP contribution in [0.3, 0.4) is 0 Å². The molecule has 2 aromatic rings. The molecule has 2 N–H and O–H groups in total. The van der Waals surface area contributed by atoms with Gasteiger partial charge < -0.3 is 29.8 Å². The number of carbonyl (C=O) groups excluding carboxylic acids is 4. The van der Waals surface area contributed by atoms with Gasteiger partial charge in [-0.15, -0.1) is 0 Å². The topological polar surface area (TPSA) is 122 Å². The van der Waals surface area contributed by atoms with Crippen LogP contribution in [-0.2, 0) is 44.9 Å². The molecule has 10 nitrogen and oxygen atoms in total. The number of benzene rings is 2. The maximum absolute atomic E-state index is 13.4. The highest BCUT2D eigenvalue weighted by atomic mass is 33.1. The molecule has 4 amide bonds. The van der Waals surface area contributed by atoms with Crippen molar-refractivity contribution in [2.75, 3.05) is 41.4 Å². The Morgan fingerprint density at radius 2 is 0.727 bits per heavy atom. The Balaban J connectivity index is 1.09. The van der Waals surface area contributed by atoms with Crippen molar-refractivity contribution in [3.63, 3.8) is 0 Å². The van der Waals surface area contributed by atoms with Crippen LogP contribution in [0.4, 0.5) is 0 Å². The van der Waals surface area contributed by atoms with E-state index < -0.39 is 32.7 Å². The lowest BCUT2D eigenvalue weighted by Crippen LogP contribution is -2.77. The second-order valence-corrected chi connectivity index (χ2v) is 17.1. The third-order valence-corrected chi connectivity index (χ3v) is 16.8. The second kappa shape index (κ2) is 11.2. The number of aryl methyl sites for hydroxylation is 2. The van der Waals surface area contributed by atoms with Gasteiger partial charge in [-0.25, -0.2) is 0 Å². The summed E-state index contributed by atoms with van der Waals surface area (Å²) in [5, 5.41) is 19.8. The minimum absolute atomic E-state index is 0.179. The minimum Gasteiger partial charge on any atom is -0.392 e. The Hall–Kier alpha value is -2.36. The minimum atomic E-state index is -1.26. The average Bonchev–Trinajstić information content (AvgIpc) is 3.04. The van der Waals surface area contributed by atoms with Crippen molar-refractivity contribution in [3.05, 3.63) is 70.8 Å². The van der Waals surface area contributed by atoms with E-state index >= 15 is 0 Å². The van der Waals surface area contributed by atoms with Gasteiger partial charge in [0.05, 0.1) is 13.2 Å². The molecule has 6 saturated heterocycles. The molecule has 4 bridgehead atoms. The van der Waals surface area contributed by atoms with Gasteiger partial charge in [0, 0.05) is 41.0 Å². The molecule has 0 saturated carbocycles. The Labute approximate surface area is 272 Å². The molecule has 0 spiro atoms. The summed E-state index contributed by atoms with van der Waals surface area (Å²) in [6, 6.07) is 16.2. The van der Waals surface area contributed by atoms with Crippen molar-refractivity contribution < 1.29 is 29.4 Å². The molecule has 6 aliphatic heterocycles. The summed E-state index contributed by atoms with van der Waals surface area (Å²) in [5.74, 6) is -0.874. The van der Waals surface area contributed by atoms with Crippen molar-refractivity contribution in [1.82, 2.24) is 19.6 Å². The maximum atomic E-state index is 13.4. The van der Waals surface area contributed by atoms with E-state index in [0.29, 0.717) is 12.8 Å². The van der Waals surface area contributed by atoms with Crippen LogP contribution in [0.25, 0.3) is 0 Å². The Morgan fingerprint density at radius 3 is 1.05 bits per heavy atom. The van der Waals surface area contributed by atoms with Gasteiger partial charge >= 0.3 is 0 Å². The van der Waals surface area contributed by atoms with Gasteiger partial charge in [0.25, 0.3) is 23.6 Å². The van der Waals surface area contributed by atoms with E-state index in [0.717, 1.165) is 35.1 Å². The largest absolute Gasteiger partial charge is 0.392 e. The van der Waals surface area contributed by atoms with E-state index in [1.165, 1.54) is 62.8 Å². The fourth-order valence-electron chi connectivity index (χ4n) is 6.26. The number of amides is 4. The number of aliphatic hydroxyl groups is 2. The fourth-order valence-corrected chi connectivity index (χ4v) is 13.5. The predicted molar refractivity (Wildman–Crippen MR) is 174 cm³/mol. The molecule has 14 heteroatoms. The van der Waals surface area contributed by atoms with Crippen LogP contribution in [0, 0.1) is 0 Å². The number of likely N-dealkylation sites (N-methyl/N-ethyl adjacent to an activating group) is 4. The van der Waals surface area contributed by atoms with Crippen LogP contribution in [0.15, 0.2) is 48.5 Å². The molecule has 6 heterocycles. The quantitative estimate of drug-likeness (QED) is 0.382. The van der Waals surface area contributed by atoms with Gasteiger partial charge in [-0.3, -0.25) is 19.2 Å². The lowest BCUT2D eigenvalue weighted by Gasteiger charge is -2.58. The summed E-state index contributed by atoms with van der Waals surface area (Å²) in [5.41, 5.74) is 4.20. The number of nitrogens with zero attached hydrogens (tertiary/aromatic N) is 4. The number of fused-ring (bicyclic) bond motifs is 6. The van der Waals surface area contributed by atoms with Crippen LogP contribution in [-0.4, -0.2) is 114 Å². The molecule has 6 fully saturated rings. The molecule has 4 atom stereocenters. The first-order chi connectivity index (χ1) is 20.9. The zero-order valence-electron chi connectivity index (χ0n) is 24.8. The lowest BCUT2D eigenvalue weighted by molar-refractivity contribution is -0.165. The van der Waals surface area contributed by atoms with Gasteiger partial charge in [-0.1, -0.05) is 70.1 Å². The summed E-state index contributed by atoms with van der Waals surface area (Å²) < 4.78 is 0. The first kappa shape index (κ1) is 31.6. The van der Waals surface area contributed by atoms with Crippen molar-refractivity contribution >= 4 is 66.8 Å². The highest BCUT2D eigenvalue weighted by Gasteiger charge is 2.68. The van der Waals surface area contributed by atoms with Gasteiger partial charge in [0.2, 0.25) is 9.74 Å². The third kappa shape index (κ3) is 4.35. The maximum Gasteiger partial charge on any atom is 0.263 e. The fraction of sp³-hybridized carbons (Fsp3) is 0.467. The number of hydrogen-bond acceptors (Lipinski definition) is 10. The first-order valence-corrected chi connectivity index (χ1v) is 18.4. The average molecular weight is 675 g/mol. The number of carbonyl (C=O) groups is 4. The number of hydrogen-bond donors (Lipinski definition) is 2. The summed E-state index contributed by atoms with van der Waals surface area (Å²) in [4.78, 5) is 54.1. The van der Waals surface area contributed by atoms with Crippen LogP contribution in [0.2, 0.25) is 0 Å². The number of piperazine rings is 2. The van der Waals surface area contributed by atoms with Crippen molar-refractivity contribution in [3.8, 4) is 0 Å². The van der Waals surface area contributed by atoms with Crippen molar-refractivity contribution in [2.24, 2.45) is 0 Å². The van der Waals surface area contributed by atoms with E-state index in [4.69, 9.17) is 0 Å². The van der Waals surface area contributed by atoms with E-state index in [1.807, 2.05) is 24.3 Å². The normalized spacial score (nSPS) is 31.5. The molecule has 234 valence electrons. The van der Waals surface area contributed by atoms with Gasteiger partial charge in [0.15, 0.2) is 9.74 Å². The molecule has 6 aliphatic rings. The number of rotatable bonds is 9. The standard InChI is InChI=1S/C30H34N4O6S4/c1-31-25(39)29(17-35)33(3)23(37)27(31,41-43-29)15-21-11-7-19(8-12-21)5-6-20-9-13-22(14-10-20)16-28-24(38)34(4)30(18-36,44-42-28)26(40)32(28)2/h7-14,35-36H,5-6,15-18H2,1-4H3/t27-,28-,29-,30-/m0/s1. The second-order valence-electron chi connectivity index (χ2n) is 11.7. The summed E-state index contributed by atoms with van der Waals surface area (Å²) >= 11 is 0. The van der Waals surface area contributed by atoms with E-state index in [9.17, 15) is 29.4 Å². The first-order valence-electron chi connectivity index (χ1n) is 14.1. The number of aliphatic hydroxyl groups excluding tert-OH is 2. The highest BCUT2D eigenvalue weighted by molar-refractivity contribution is 8.78. The van der Waals surface area contributed by atoms with Gasteiger partial charge in [-0.05, 0) is 56.7 Å². The molecule has 0 radical (unpaired) electrons. The Kier molecular flexibility index (Phi) is 8.02. The molecular weight excluding hydrogens is 641 g/mol. The smallest absolute Gasteiger partial charge is 0.263 e. The molecule has 0 unspecified atom stereocenters. The Bertz CT molecular complexity index is 1410. The van der Waals surface area contributed by atoms with Crippen molar-refractivity contribution in [1.29, 1.82) is 0 Å². The molecule has 2 aromatic carbocycles. The molecule has 44 heavy (non-hydrogen) atoms. The van der Waals surface area contributed by atoms with Crippen LogP contribution < -0.4 is 0 Å². The summed E-state index contributed by atoms with van der Waals surface area (Å²) in [6.45, 7) is -0.853. The zero-order chi connectivity index (χ0) is 31.7. The lowest BCUT2D eigenvalue weighted by atomic mass is 9.95. The van der Waals surface area contributed by atoms with E-state index in [2.05, 4.69) is 24.3 Å². The third-order valence-electron chi connectivity index (χ3n) is 9.42. The van der Waals surface area contributed by atoms with Crippen molar-refractivity contribution in [2.45, 2.75) is 45.2 Å². The van der Waals surface area contributed by atoms with E-state index in [1.54, 1.807) is 28.2 Å². The SMILES string of the molecule is CN1C(=O)[C@]2(Cc3ccc(CCc4ccc(C[C@@]56SS[C@@](CO)(C(=O)N5C)N(C)C6=O)cc4)cc3)SS[C@@]1(CO)C(=O)N2C. The molecular formula is C30H34N4O6S4. The van der Waals surface area contributed by atoms with Crippen LogP contribution in [0.1, 0.15) is 22.3 Å². The van der Waals surface area contributed by atoms with Gasteiger partial charge in [-0.2, -0.15) is 0 Å². The van der Waals surface area contributed by atoms with Crippen LogP contribution in [0.5, 0.6) is 0 Å². The predicted octanol–water partition coefficient (Wildman–Crippen LogP) is 1.98. The summed E-state index contributed by atoms with van der Waals surface area (Å²) in [6.07, 6.45) is 2.37. The molecule has 0 aromatic heterocycles. The highest BCUT2D eigenvalue weighted by Crippen LogP contribution is 2.60. The van der Waals surface area contributed by atoms with E-state index in [-0.39, 0.29) is 23.6 Å².